The van der Waals surface area contributed by atoms with Gasteiger partial charge in [0.25, 0.3) is 0 Å². The molecule has 1 rings (SSSR count). The molecule has 0 radical (unpaired) electrons. The van der Waals surface area contributed by atoms with Crippen molar-refractivity contribution in [1.82, 2.24) is 4.72 Å². The van der Waals surface area contributed by atoms with Crippen molar-refractivity contribution in [3.8, 4) is 6.07 Å². The number of rotatable bonds is 4. The van der Waals surface area contributed by atoms with Crippen LogP contribution in [0.1, 0.15) is 11.1 Å². The zero-order chi connectivity index (χ0) is 12.2. The fourth-order valence-electron chi connectivity index (χ4n) is 1.25. The Bertz CT molecular complexity index is 542. The maximum atomic E-state index is 11.8. The lowest BCUT2D eigenvalue weighted by Gasteiger charge is -2.07. The standard InChI is InChI=1S/C11H12N2O2S/c1-3-7-13-16(14,15)11-6-4-5-9(2)10(11)8-12/h3-6,13H,1,7H2,2H3. The van der Waals surface area contributed by atoms with Gasteiger partial charge in [-0.3, -0.25) is 0 Å². The summed E-state index contributed by atoms with van der Waals surface area (Å²) in [7, 11) is -3.63. The minimum atomic E-state index is -3.63. The van der Waals surface area contributed by atoms with Crippen LogP contribution < -0.4 is 4.72 Å². The smallest absolute Gasteiger partial charge is 0.207 e. The van der Waals surface area contributed by atoms with Crippen molar-refractivity contribution < 1.29 is 8.42 Å². The Balaban J connectivity index is 3.29. The summed E-state index contributed by atoms with van der Waals surface area (Å²) in [4.78, 5) is 0.0110. The second-order valence-electron chi connectivity index (χ2n) is 3.20. The van der Waals surface area contributed by atoms with E-state index in [-0.39, 0.29) is 17.0 Å². The molecule has 0 fully saturated rings. The van der Waals surface area contributed by atoms with E-state index in [9.17, 15) is 8.42 Å². The van der Waals surface area contributed by atoms with Crippen LogP contribution in [-0.2, 0) is 10.0 Å². The number of hydrogen-bond acceptors (Lipinski definition) is 3. The van der Waals surface area contributed by atoms with E-state index >= 15 is 0 Å². The summed E-state index contributed by atoms with van der Waals surface area (Å²) in [5.74, 6) is 0. The molecule has 0 aromatic heterocycles. The molecule has 0 atom stereocenters. The van der Waals surface area contributed by atoms with Crippen LogP contribution in [0.3, 0.4) is 0 Å². The number of hydrogen-bond donors (Lipinski definition) is 1. The molecule has 0 spiro atoms. The van der Waals surface area contributed by atoms with Crippen LogP contribution >= 0.6 is 0 Å². The number of aryl methyl sites for hydroxylation is 1. The molecule has 1 aromatic rings. The summed E-state index contributed by atoms with van der Waals surface area (Å²) in [6, 6.07) is 6.62. The summed E-state index contributed by atoms with van der Waals surface area (Å²) in [6.07, 6.45) is 1.44. The van der Waals surface area contributed by atoms with Crippen LogP contribution in [0.4, 0.5) is 0 Å². The molecule has 0 amide bonds. The average molecular weight is 236 g/mol. The first-order chi connectivity index (χ1) is 7.53. The summed E-state index contributed by atoms with van der Waals surface area (Å²) < 4.78 is 26.0. The van der Waals surface area contributed by atoms with Gasteiger partial charge in [-0.05, 0) is 18.6 Å². The van der Waals surface area contributed by atoms with E-state index in [0.717, 1.165) is 0 Å². The molecule has 5 heteroatoms. The van der Waals surface area contributed by atoms with Crippen LogP contribution in [0.2, 0.25) is 0 Å². The molecule has 1 aromatic carbocycles. The van der Waals surface area contributed by atoms with Crippen molar-refractivity contribution >= 4 is 10.0 Å². The van der Waals surface area contributed by atoms with E-state index in [0.29, 0.717) is 5.56 Å². The van der Waals surface area contributed by atoms with Crippen LogP contribution in [0.25, 0.3) is 0 Å². The number of nitrogens with zero attached hydrogens (tertiary/aromatic N) is 1. The predicted molar refractivity (Wildman–Crippen MR) is 61.3 cm³/mol. The fourth-order valence-corrected chi connectivity index (χ4v) is 2.48. The lowest BCUT2D eigenvalue weighted by molar-refractivity contribution is 0.585. The highest BCUT2D eigenvalue weighted by atomic mass is 32.2. The van der Waals surface area contributed by atoms with E-state index < -0.39 is 10.0 Å². The van der Waals surface area contributed by atoms with Gasteiger partial charge in [-0.25, -0.2) is 13.1 Å². The highest BCUT2D eigenvalue weighted by Gasteiger charge is 2.18. The summed E-state index contributed by atoms with van der Waals surface area (Å²) >= 11 is 0. The van der Waals surface area contributed by atoms with Crippen molar-refractivity contribution in [2.24, 2.45) is 0 Å². The average Bonchev–Trinajstić information content (AvgIpc) is 2.26. The van der Waals surface area contributed by atoms with Crippen molar-refractivity contribution in [3.05, 3.63) is 42.0 Å². The maximum Gasteiger partial charge on any atom is 0.242 e. The monoisotopic (exact) mass is 236 g/mol. The third-order valence-electron chi connectivity index (χ3n) is 2.05. The van der Waals surface area contributed by atoms with Crippen LogP contribution in [0.5, 0.6) is 0 Å². The topological polar surface area (TPSA) is 70.0 Å². The van der Waals surface area contributed by atoms with Gasteiger partial charge in [0.15, 0.2) is 0 Å². The zero-order valence-corrected chi connectivity index (χ0v) is 9.71. The maximum absolute atomic E-state index is 11.8. The molecular weight excluding hydrogens is 224 g/mol. The highest BCUT2D eigenvalue weighted by Crippen LogP contribution is 2.17. The Morgan fingerprint density at radius 3 is 2.81 bits per heavy atom. The van der Waals surface area contributed by atoms with Crippen molar-refractivity contribution in [3.63, 3.8) is 0 Å². The molecular formula is C11H12N2O2S. The molecule has 84 valence electrons. The molecule has 4 nitrogen and oxygen atoms in total. The first-order valence-corrected chi connectivity index (χ1v) is 6.11. The molecule has 0 aliphatic carbocycles. The summed E-state index contributed by atoms with van der Waals surface area (Å²) in [5, 5.41) is 8.93. The number of benzene rings is 1. The lowest BCUT2D eigenvalue weighted by Crippen LogP contribution is -2.24. The molecule has 16 heavy (non-hydrogen) atoms. The number of sulfonamides is 1. The minimum absolute atomic E-state index is 0.0110. The van der Waals surface area contributed by atoms with Gasteiger partial charge in [-0.1, -0.05) is 18.2 Å². The zero-order valence-electron chi connectivity index (χ0n) is 8.90. The Morgan fingerprint density at radius 2 is 2.25 bits per heavy atom. The summed E-state index contributed by atoms with van der Waals surface area (Å²) in [6.45, 7) is 5.27. The van der Waals surface area contributed by atoms with Gasteiger partial charge in [-0.2, -0.15) is 5.26 Å². The number of nitriles is 1. The highest BCUT2D eigenvalue weighted by molar-refractivity contribution is 7.89. The van der Waals surface area contributed by atoms with E-state index in [4.69, 9.17) is 5.26 Å². The second kappa shape index (κ2) is 4.92. The lowest BCUT2D eigenvalue weighted by atomic mass is 10.1. The molecule has 0 saturated heterocycles. The van der Waals surface area contributed by atoms with E-state index in [1.165, 1.54) is 12.1 Å². The molecule has 0 bridgehead atoms. The molecule has 0 aliphatic rings. The predicted octanol–water partition coefficient (Wildman–Crippen LogP) is 1.33. The SMILES string of the molecule is C=CCNS(=O)(=O)c1cccc(C)c1C#N. The Morgan fingerprint density at radius 1 is 1.56 bits per heavy atom. The van der Waals surface area contributed by atoms with E-state index in [2.05, 4.69) is 11.3 Å². The third kappa shape index (κ3) is 2.48. The second-order valence-corrected chi connectivity index (χ2v) is 4.94. The Kier molecular flexibility index (Phi) is 3.82. The Hall–Kier alpha value is -1.64. The van der Waals surface area contributed by atoms with Crippen molar-refractivity contribution in [2.75, 3.05) is 6.54 Å². The van der Waals surface area contributed by atoms with E-state index in [1.54, 1.807) is 19.1 Å². The molecule has 0 unspecified atom stereocenters. The minimum Gasteiger partial charge on any atom is -0.207 e. The van der Waals surface area contributed by atoms with Crippen molar-refractivity contribution in [1.29, 1.82) is 5.26 Å². The van der Waals surface area contributed by atoms with Gasteiger partial charge >= 0.3 is 0 Å². The van der Waals surface area contributed by atoms with Gasteiger partial charge in [0, 0.05) is 6.54 Å². The first-order valence-electron chi connectivity index (χ1n) is 4.63. The number of nitrogens with one attached hydrogen (secondary N) is 1. The van der Waals surface area contributed by atoms with Crippen LogP contribution in [-0.4, -0.2) is 15.0 Å². The van der Waals surface area contributed by atoms with Gasteiger partial charge in [0.05, 0.1) is 5.56 Å². The van der Waals surface area contributed by atoms with Gasteiger partial charge in [0.2, 0.25) is 10.0 Å². The van der Waals surface area contributed by atoms with Gasteiger partial charge in [0.1, 0.15) is 11.0 Å². The van der Waals surface area contributed by atoms with Crippen LogP contribution in [0.15, 0.2) is 35.7 Å². The summed E-state index contributed by atoms with van der Waals surface area (Å²) in [5.41, 5.74) is 0.822. The van der Waals surface area contributed by atoms with Gasteiger partial charge < -0.3 is 0 Å². The van der Waals surface area contributed by atoms with E-state index in [1.807, 2.05) is 6.07 Å². The molecule has 1 N–H and O–H groups in total. The molecule has 0 saturated carbocycles. The third-order valence-corrected chi connectivity index (χ3v) is 3.52. The normalized spacial score (nSPS) is 10.8. The molecule has 0 heterocycles. The van der Waals surface area contributed by atoms with Gasteiger partial charge in [-0.15, -0.1) is 6.58 Å². The largest absolute Gasteiger partial charge is 0.242 e. The van der Waals surface area contributed by atoms with Crippen molar-refractivity contribution in [2.45, 2.75) is 11.8 Å². The first kappa shape index (κ1) is 12.4. The molecule has 0 aliphatic heterocycles. The Labute approximate surface area is 95.3 Å². The quantitative estimate of drug-likeness (QED) is 0.802. The fraction of sp³-hybridized carbons (Fsp3) is 0.182. The van der Waals surface area contributed by atoms with Crippen LogP contribution in [0, 0.1) is 18.3 Å².